The van der Waals surface area contributed by atoms with Gasteiger partial charge in [-0.05, 0) is 38.0 Å². The van der Waals surface area contributed by atoms with Crippen LogP contribution >= 0.6 is 0 Å². The van der Waals surface area contributed by atoms with Gasteiger partial charge in [-0.15, -0.1) is 0 Å². The summed E-state index contributed by atoms with van der Waals surface area (Å²) < 4.78 is 5.65. The summed E-state index contributed by atoms with van der Waals surface area (Å²) in [6, 6.07) is 8.60. The summed E-state index contributed by atoms with van der Waals surface area (Å²) >= 11 is 0. The van der Waals surface area contributed by atoms with E-state index < -0.39 is 11.8 Å². The summed E-state index contributed by atoms with van der Waals surface area (Å²) in [4.78, 5) is 24.8. The molecule has 3 atom stereocenters. The van der Waals surface area contributed by atoms with E-state index in [4.69, 9.17) is 4.74 Å². The summed E-state index contributed by atoms with van der Waals surface area (Å²) in [6.45, 7) is 15.2. The lowest BCUT2D eigenvalue weighted by molar-refractivity contribution is -0.144. The van der Waals surface area contributed by atoms with Crippen LogP contribution in [0, 0.1) is 17.3 Å². The molecule has 1 aromatic rings. The van der Waals surface area contributed by atoms with Crippen molar-refractivity contribution < 1.29 is 14.3 Å². The first-order chi connectivity index (χ1) is 13.3. The standard InChI is InChI=1S/C25H38O3/c1-8-20(21(9-2)22(10-3)25(7,11-4)12-5)18(6)28-24(27)23(26)19-16-14-13-15-17-19/h9,13-18,20,22H,8,10-12H2,1-7H3. The Morgan fingerprint density at radius 2 is 1.61 bits per heavy atom. The van der Waals surface area contributed by atoms with Gasteiger partial charge < -0.3 is 4.74 Å². The van der Waals surface area contributed by atoms with Crippen LogP contribution in [0.25, 0.3) is 0 Å². The van der Waals surface area contributed by atoms with Crippen molar-refractivity contribution in [1.29, 1.82) is 0 Å². The maximum Gasteiger partial charge on any atom is 0.379 e. The number of ketones is 1. The first-order valence-corrected chi connectivity index (χ1v) is 10.8. The van der Waals surface area contributed by atoms with Crippen LogP contribution < -0.4 is 0 Å². The molecule has 3 heteroatoms. The van der Waals surface area contributed by atoms with Crippen LogP contribution in [0.4, 0.5) is 0 Å². The average molecular weight is 387 g/mol. The van der Waals surface area contributed by atoms with Crippen LogP contribution in [0.5, 0.6) is 0 Å². The minimum absolute atomic E-state index is 0.111. The lowest BCUT2D eigenvalue weighted by Crippen LogP contribution is -2.35. The quantitative estimate of drug-likeness (QED) is 0.186. The lowest BCUT2D eigenvalue weighted by Gasteiger charge is -2.41. The predicted molar refractivity (Wildman–Crippen MR) is 116 cm³/mol. The van der Waals surface area contributed by atoms with Gasteiger partial charge in [0.1, 0.15) is 6.10 Å². The van der Waals surface area contributed by atoms with E-state index in [2.05, 4.69) is 47.6 Å². The molecule has 0 spiro atoms. The molecule has 3 nitrogen and oxygen atoms in total. The van der Waals surface area contributed by atoms with Gasteiger partial charge in [0.15, 0.2) is 0 Å². The highest BCUT2D eigenvalue weighted by Gasteiger charge is 2.37. The molecule has 0 saturated carbocycles. The topological polar surface area (TPSA) is 43.4 Å². The Morgan fingerprint density at radius 1 is 1.04 bits per heavy atom. The fourth-order valence-corrected chi connectivity index (χ4v) is 4.40. The van der Waals surface area contributed by atoms with Gasteiger partial charge in [-0.25, -0.2) is 4.79 Å². The molecule has 1 rings (SSSR count). The summed E-state index contributed by atoms with van der Waals surface area (Å²) in [5, 5.41) is 0. The third-order valence-electron chi connectivity index (χ3n) is 6.55. The fourth-order valence-electron chi connectivity index (χ4n) is 4.40. The molecule has 0 bridgehead atoms. The van der Waals surface area contributed by atoms with E-state index >= 15 is 0 Å². The van der Waals surface area contributed by atoms with Gasteiger partial charge in [-0.3, -0.25) is 4.79 Å². The van der Waals surface area contributed by atoms with Crippen molar-refractivity contribution in [2.24, 2.45) is 17.3 Å². The number of rotatable bonds is 11. The number of carbonyl (C=O) groups excluding carboxylic acids is 2. The Bertz CT molecular complexity index is 656. The second-order valence-corrected chi connectivity index (χ2v) is 7.93. The first-order valence-electron chi connectivity index (χ1n) is 10.8. The Morgan fingerprint density at radius 3 is 2.04 bits per heavy atom. The molecule has 0 fully saturated rings. The molecule has 0 aliphatic rings. The van der Waals surface area contributed by atoms with Crippen molar-refractivity contribution in [3.05, 3.63) is 47.5 Å². The zero-order chi connectivity index (χ0) is 21.3. The lowest BCUT2D eigenvalue weighted by atomic mass is 9.65. The highest BCUT2D eigenvalue weighted by molar-refractivity contribution is 6.40. The maximum atomic E-state index is 12.4. The molecule has 0 aliphatic heterocycles. The monoisotopic (exact) mass is 386 g/mol. The third kappa shape index (κ3) is 5.56. The highest BCUT2D eigenvalue weighted by Crippen LogP contribution is 2.44. The molecule has 3 unspecified atom stereocenters. The maximum absolute atomic E-state index is 12.4. The number of esters is 1. The van der Waals surface area contributed by atoms with Gasteiger partial charge in [-0.2, -0.15) is 0 Å². The van der Waals surface area contributed by atoms with Crippen LogP contribution in [0.15, 0.2) is 42.0 Å². The fraction of sp³-hybridized carbons (Fsp3) is 0.600. The van der Waals surface area contributed by atoms with Gasteiger partial charge in [-0.1, -0.05) is 89.4 Å². The van der Waals surface area contributed by atoms with Crippen molar-refractivity contribution in [3.63, 3.8) is 0 Å². The van der Waals surface area contributed by atoms with E-state index in [-0.39, 0.29) is 17.4 Å². The van der Waals surface area contributed by atoms with Crippen molar-refractivity contribution in [3.8, 4) is 0 Å². The largest absolute Gasteiger partial charge is 0.456 e. The molecule has 0 aromatic heterocycles. The molecule has 0 aliphatic carbocycles. The van der Waals surface area contributed by atoms with Crippen molar-refractivity contribution in [2.75, 3.05) is 0 Å². The highest BCUT2D eigenvalue weighted by atomic mass is 16.5. The number of benzene rings is 1. The number of hydrogen-bond acceptors (Lipinski definition) is 3. The van der Waals surface area contributed by atoms with Gasteiger partial charge in [0.2, 0.25) is 0 Å². The molecule has 28 heavy (non-hydrogen) atoms. The average Bonchev–Trinajstić information content (AvgIpc) is 2.73. The minimum Gasteiger partial charge on any atom is -0.456 e. The molecule has 0 saturated heterocycles. The van der Waals surface area contributed by atoms with E-state index in [1.54, 1.807) is 24.3 Å². The molecular formula is C25H38O3. The normalized spacial score (nSPS) is 15.6. The third-order valence-corrected chi connectivity index (χ3v) is 6.55. The van der Waals surface area contributed by atoms with E-state index in [0.717, 1.165) is 25.7 Å². The van der Waals surface area contributed by atoms with E-state index in [0.29, 0.717) is 11.5 Å². The van der Waals surface area contributed by atoms with Gasteiger partial charge in [0.25, 0.3) is 5.78 Å². The number of ether oxygens (including phenoxy) is 1. The summed E-state index contributed by atoms with van der Waals surface area (Å²) in [6.07, 6.45) is 6.00. The summed E-state index contributed by atoms with van der Waals surface area (Å²) in [5.41, 5.74) is 1.94. The molecule has 156 valence electrons. The summed E-state index contributed by atoms with van der Waals surface area (Å²) in [5.74, 6) is -0.805. The second-order valence-electron chi connectivity index (χ2n) is 7.93. The predicted octanol–water partition coefficient (Wildman–Crippen LogP) is 6.63. The Labute approximate surface area is 171 Å². The van der Waals surface area contributed by atoms with Crippen LogP contribution in [0.1, 0.15) is 84.5 Å². The Hall–Kier alpha value is -1.90. The van der Waals surface area contributed by atoms with Crippen molar-refractivity contribution in [1.82, 2.24) is 0 Å². The number of Topliss-reactive ketones (excluding diaryl/α,β-unsaturated/α-hetero) is 1. The van der Waals surface area contributed by atoms with Crippen LogP contribution in [0.2, 0.25) is 0 Å². The zero-order valence-corrected chi connectivity index (χ0v) is 18.7. The van der Waals surface area contributed by atoms with Gasteiger partial charge in [0, 0.05) is 11.5 Å². The molecular weight excluding hydrogens is 348 g/mol. The molecule has 0 heterocycles. The molecule has 0 amide bonds. The first kappa shape index (κ1) is 24.1. The smallest absolute Gasteiger partial charge is 0.379 e. The minimum atomic E-state index is -0.769. The SMILES string of the molecule is CC=C(C(CC)C(C)OC(=O)C(=O)c1ccccc1)C(CC)C(C)(CC)CC. The molecule has 0 radical (unpaired) electrons. The van der Waals surface area contributed by atoms with E-state index in [9.17, 15) is 9.59 Å². The van der Waals surface area contributed by atoms with Crippen molar-refractivity contribution >= 4 is 11.8 Å². The van der Waals surface area contributed by atoms with Gasteiger partial charge in [0.05, 0.1) is 0 Å². The summed E-state index contributed by atoms with van der Waals surface area (Å²) in [7, 11) is 0. The Balaban J connectivity index is 3.03. The number of allylic oxidation sites excluding steroid dienone is 1. The second kappa shape index (κ2) is 11.2. The number of hydrogen-bond donors (Lipinski definition) is 0. The zero-order valence-electron chi connectivity index (χ0n) is 18.7. The number of carbonyl (C=O) groups is 2. The van der Waals surface area contributed by atoms with E-state index in [1.807, 2.05) is 13.0 Å². The molecule has 1 aromatic carbocycles. The van der Waals surface area contributed by atoms with Gasteiger partial charge >= 0.3 is 5.97 Å². The van der Waals surface area contributed by atoms with Crippen molar-refractivity contribution in [2.45, 2.75) is 80.3 Å². The van der Waals surface area contributed by atoms with E-state index in [1.165, 1.54) is 5.57 Å². The molecule has 0 N–H and O–H groups in total. The van der Waals surface area contributed by atoms with Crippen LogP contribution in [-0.4, -0.2) is 17.9 Å². The van der Waals surface area contributed by atoms with Crippen LogP contribution in [-0.2, 0) is 9.53 Å². The van der Waals surface area contributed by atoms with Crippen LogP contribution in [0.3, 0.4) is 0 Å². The Kier molecular flexibility index (Phi) is 9.64.